The number of methoxy groups -OCH3 is 1. The fourth-order valence-corrected chi connectivity index (χ4v) is 6.72. The largest absolute Gasteiger partial charge is 0.480 e. The Morgan fingerprint density at radius 2 is 1.68 bits per heavy atom. The number of nitrogens with one attached hydrogen (secondary N) is 1. The molecule has 4 heterocycles. The molecule has 4 aromatic rings. The highest BCUT2D eigenvalue weighted by atomic mass is 35.5. The van der Waals surface area contributed by atoms with Gasteiger partial charge in [-0.15, -0.1) is 0 Å². The number of pyridine rings is 2. The van der Waals surface area contributed by atoms with Crippen molar-refractivity contribution < 1.29 is 23.5 Å². The Labute approximate surface area is 282 Å². The van der Waals surface area contributed by atoms with Crippen molar-refractivity contribution in [3.05, 3.63) is 87.8 Å². The summed E-state index contributed by atoms with van der Waals surface area (Å²) < 4.78 is 26.5. The lowest BCUT2D eigenvalue weighted by molar-refractivity contribution is -0.115. The van der Waals surface area contributed by atoms with E-state index in [4.69, 9.17) is 32.7 Å². The second-order valence-electron chi connectivity index (χ2n) is 13.0. The number of hydrogen-bond acceptors (Lipinski definition) is 8. The third kappa shape index (κ3) is 6.63. The van der Waals surface area contributed by atoms with Crippen molar-refractivity contribution in [2.45, 2.75) is 32.9 Å². The summed E-state index contributed by atoms with van der Waals surface area (Å²) in [6, 6.07) is 15.8. The van der Waals surface area contributed by atoms with Gasteiger partial charge in [-0.25, -0.2) is 19.2 Å². The van der Waals surface area contributed by atoms with Gasteiger partial charge in [0.25, 0.3) is 0 Å². The SMILES string of the molecule is COc1nc(-c2cccc(-c3cccc(Nc4nccc(CN5CC6(C5)CN(C(=O)OC(C)(C)C)C6)c4F)c3Cl)c2Cl)ccc1C=O. The normalized spacial score (nSPS) is 15.5. The first-order valence-corrected chi connectivity index (χ1v) is 15.8. The monoisotopic (exact) mass is 677 g/mol. The number of carbonyl (C=O) groups excluding carboxylic acids is 2. The Hall–Kier alpha value is -4.25. The van der Waals surface area contributed by atoms with E-state index in [1.54, 1.807) is 41.4 Å². The van der Waals surface area contributed by atoms with Gasteiger partial charge < -0.3 is 19.7 Å². The molecule has 0 aliphatic carbocycles. The molecule has 0 saturated carbocycles. The average Bonchev–Trinajstić information content (AvgIpc) is 2.99. The minimum absolute atomic E-state index is 0.0368. The lowest BCUT2D eigenvalue weighted by atomic mass is 9.73. The number of benzene rings is 2. The molecule has 1 spiro atoms. The molecule has 244 valence electrons. The Morgan fingerprint density at radius 1 is 1.00 bits per heavy atom. The van der Waals surface area contributed by atoms with Gasteiger partial charge in [0.15, 0.2) is 17.9 Å². The molecule has 0 bridgehead atoms. The van der Waals surface area contributed by atoms with Gasteiger partial charge in [-0.2, -0.15) is 0 Å². The molecule has 2 aliphatic heterocycles. The summed E-state index contributed by atoms with van der Waals surface area (Å²) >= 11 is 13.8. The van der Waals surface area contributed by atoms with E-state index in [9.17, 15) is 9.59 Å². The highest BCUT2D eigenvalue weighted by Crippen LogP contribution is 2.43. The van der Waals surface area contributed by atoms with Crippen molar-refractivity contribution in [3.8, 4) is 28.3 Å². The van der Waals surface area contributed by atoms with Crippen molar-refractivity contribution in [2.75, 3.05) is 38.6 Å². The topological polar surface area (TPSA) is 96.9 Å². The molecule has 1 amide bonds. The van der Waals surface area contributed by atoms with Crippen molar-refractivity contribution >= 4 is 47.1 Å². The Morgan fingerprint density at radius 3 is 2.36 bits per heavy atom. The molecule has 12 heteroatoms. The van der Waals surface area contributed by atoms with Crippen LogP contribution in [0.2, 0.25) is 10.0 Å². The van der Waals surface area contributed by atoms with Gasteiger partial charge in [0.05, 0.1) is 34.1 Å². The fourth-order valence-electron chi connectivity index (χ4n) is 6.12. The molecule has 2 aromatic carbocycles. The molecule has 47 heavy (non-hydrogen) atoms. The number of aldehydes is 1. The van der Waals surface area contributed by atoms with E-state index in [0.717, 1.165) is 13.1 Å². The van der Waals surface area contributed by atoms with E-state index in [0.29, 0.717) is 75.2 Å². The minimum atomic E-state index is -0.529. The minimum Gasteiger partial charge on any atom is -0.480 e. The summed E-state index contributed by atoms with van der Waals surface area (Å²) in [5.41, 5.74) is 3.23. The molecular weight excluding hydrogens is 644 g/mol. The third-order valence-corrected chi connectivity index (χ3v) is 9.03. The number of likely N-dealkylation sites (tertiary alicyclic amines) is 2. The van der Waals surface area contributed by atoms with E-state index in [-0.39, 0.29) is 23.2 Å². The van der Waals surface area contributed by atoms with E-state index in [1.165, 1.54) is 7.11 Å². The van der Waals surface area contributed by atoms with Crippen LogP contribution in [0, 0.1) is 11.2 Å². The van der Waals surface area contributed by atoms with Crippen molar-refractivity contribution in [3.63, 3.8) is 0 Å². The van der Waals surface area contributed by atoms with Gasteiger partial charge in [-0.05, 0) is 45.0 Å². The molecule has 2 aliphatic rings. The fraction of sp³-hybridized carbons (Fsp3) is 0.314. The van der Waals surface area contributed by atoms with Crippen molar-refractivity contribution in [1.29, 1.82) is 0 Å². The van der Waals surface area contributed by atoms with E-state index >= 15 is 4.39 Å². The number of rotatable bonds is 8. The number of aromatic nitrogens is 2. The number of anilines is 2. The lowest BCUT2D eigenvalue weighted by Crippen LogP contribution is -2.72. The molecule has 6 rings (SSSR count). The Kier molecular flexibility index (Phi) is 8.86. The lowest BCUT2D eigenvalue weighted by Gasteiger charge is -2.60. The number of hydrogen-bond donors (Lipinski definition) is 1. The number of halogens is 3. The van der Waals surface area contributed by atoms with Crippen LogP contribution in [0.15, 0.2) is 60.8 Å². The van der Waals surface area contributed by atoms with E-state index < -0.39 is 11.4 Å². The molecule has 0 radical (unpaired) electrons. The number of ether oxygens (including phenoxy) is 2. The highest BCUT2D eigenvalue weighted by Gasteiger charge is 2.53. The third-order valence-electron chi connectivity index (χ3n) is 8.21. The van der Waals surface area contributed by atoms with Gasteiger partial charge in [-0.3, -0.25) is 9.69 Å². The van der Waals surface area contributed by atoms with Gasteiger partial charge in [-0.1, -0.05) is 53.5 Å². The average molecular weight is 679 g/mol. The Bertz CT molecular complexity index is 1850. The van der Waals surface area contributed by atoms with Crippen LogP contribution >= 0.6 is 23.2 Å². The molecule has 0 atom stereocenters. The molecular formula is C35H34Cl2FN5O4. The zero-order valence-electron chi connectivity index (χ0n) is 26.4. The first kappa shape index (κ1) is 32.7. The maximum Gasteiger partial charge on any atom is 0.410 e. The summed E-state index contributed by atoms with van der Waals surface area (Å²) in [4.78, 5) is 36.2. The number of amides is 1. The smallest absolute Gasteiger partial charge is 0.410 e. The number of nitrogens with zero attached hydrogens (tertiary/aromatic N) is 4. The van der Waals surface area contributed by atoms with Crippen LogP contribution < -0.4 is 10.1 Å². The Balaban J connectivity index is 1.16. The highest BCUT2D eigenvalue weighted by molar-refractivity contribution is 6.39. The zero-order chi connectivity index (χ0) is 33.5. The molecule has 2 aromatic heterocycles. The van der Waals surface area contributed by atoms with Crippen LogP contribution in [0.25, 0.3) is 22.4 Å². The summed E-state index contributed by atoms with van der Waals surface area (Å²) in [6.07, 6.45) is 1.95. The predicted octanol–water partition coefficient (Wildman–Crippen LogP) is 7.87. The predicted molar refractivity (Wildman–Crippen MR) is 180 cm³/mol. The summed E-state index contributed by atoms with van der Waals surface area (Å²) in [6.45, 7) is 8.80. The molecule has 1 N–H and O–H groups in total. The van der Waals surface area contributed by atoms with Gasteiger partial charge >= 0.3 is 6.09 Å². The van der Waals surface area contributed by atoms with E-state index in [2.05, 4.69) is 20.2 Å². The second kappa shape index (κ2) is 12.7. The second-order valence-corrected chi connectivity index (χ2v) is 13.7. The summed E-state index contributed by atoms with van der Waals surface area (Å²) in [5.74, 6) is -0.206. The van der Waals surface area contributed by atoms with Crippen LogP contribution in [0.1, 0.15) is 36.7 Å². The van der Waals surface area contributed by atoms with Crippen LogP contribution in [0.5, 0.6) is 5.88 Å². The number of carbonyl (C=O) groups is 2. The van der Waals surface area contributed by atoms with Gasteiger partial charge in [0, 0.05) is 66.6 Å². The standard InChI is InChI=1S/C35H34Cl2FN5O4/c1-34(2,3)47-33(45)43-19-35(20-43)17-42(18-35)15-21-13-14-39-31(30(21)38)40-27-10-6-8-24(29(27)37)23-7-5-9-25(28(23)36)26-12-11-22(16-44)32(41-26)46-4/h5-14,16H,15,17-20H2,1-4H3,(H,39,40). The van der Waals surface area contributed by atoms with E-state index in [1.807, 2.05) is 45.0 Å². The van der Waals surface area contributed by atoms with Crippen LogP contribution in [-0.4, -0.2) is 71.0 Å². The summed E-state index contributed by atoms with van der Waals surface area (Å²) in [7, 11) is 1.45. The quantitative estimate of drug-likeness (QED) is 0.188. The molecule has 2 saturated heterocycles. The van der Waals surface area contributed by atoms with Crippen molar-refractivity contribution in [1.82, 2.24) is 19.8 Å². The summed E-state index contributed by atoms with van der Waals surface area (Å²) in [5, 5.41) is 3.81. The first-order valence-electron chi connectivity index (χ1n) is 15.1. The van der Waals surface area contributed by atoms with Crippen LogP contribution in [0.3, 0.4) is 0 Å². The maximum absolute atomic E-state index is 15.7. The molecule has 0 unspecified atom stereocenters. The van der Waals surface area contributed by atoms with Crippen LogP contribution in [0.4, 0.5) is 20.7 Å². The van der Waals surface area contributed by atoms with Gasteiger partial charge in [0.2, 0.25) is 5.88 Å². The van der Waals surface area contributed by atoms with Gasteiger partial charge in [0.1, 0.15) is 5.60 Å². The van der Waals surface area contributed by atoms with Crippen LogP contribution in [-0.2, 0) is 11.3 Å². The molecule has 9 nitrogen and oxygen atoms in total. The maximum atomic E-state index is 15.7. The first-order chi connectivity index (χ1) is 22.4. The molecule has 2 fully saturated rings. The zero-order valence-corrected chi connectivity index (χ0v) is 28.0. The van der Waals surface area contributed by atoms with Crippen molar-refractivity contribution in [2.24, 2.45) is 5.41 Å².